The molecule has 2 nitrogen and oxygen atoms in total. The van der Waals surface area contributed by atoms with Gasteiger partial charge in [0.2, 0.25) is 0 Å². The van der Waals surface area contributed by atoms with Gasteiger partial charge in [-0.05, 0) is 0 Å². The van der Waals surface area contributed by atoms with Crippen LogP contribution in [0.1, 0.15) is 6.92 Å². The lowest BCUT2D eigenvalue weighted by Crippen LogP contribution is -2.16. The Balaban J connectivity index is 2.56. The van der Waals surface area contributed by atoms with Crippen LogP contribution in [-0.4, -0.2) is 22.1 Å². The van der Waals surface area contributed by atoms with Gasteiger partial charge in [-0.15, -0.1) is 0 Å². The first-order valence-corrected chi connectivity index (χ1v) is 3.55. The van der Waals surface area contributed by atoms with Gasteiger partial charge in [0.25, 0.3) is 0 Å². The smallest absolute Gasteiger partial charge is 0.194 e. The van der Waals surface area contributed by atoms with Crippen LogP contribution in [0.2, 0.25) is 0 Å². The van der Waals surface area contributed by atoms with Crippen LogP contribution in [0.5, 0.6) is 0 Å². The third kappa shape index (κ3) is 0.880. The number of hydrogen-bond donors (Lipinski definition) is 1. The van der Waals surface area contributed by atoms with Crippen LogP contribution < -0.4 is 0 Å². The molecule has 1 rings (SSSR count). The van der Waals surface area contributed by atoms with Crippen LogP contribution >= 0.6 is 11.8 Å². The third-order valence-corrected chi connectivity index (χ3v) is 2.51. The number of hydrogen-bond acceptors (Lipinski definition) is 3. The molecule has 2 atom stereocenters. The molecular formula is C5H8O2S. The number of rotatable bonds is 0. The molecule has 0 aromatic heterocycles. The molecule has 1 saturated heterocycles. The number of thioether (sulfide) groups is 1. The van der Waals surface area contributed by atoms with E-state index in [1.165, 1.54) is 11.8 Å². The van der Waals surface area contributed by atoms with Gasteiger partial charge in [0.1, 0.15) is 0 Å². The second-order valence-electron chi connectivity index (χ2n) is 1.99. The maximum atomic E-state index is 10.6. The van der Waals surface area contributed by atoms with Crippen molar-refractivity contribution < 1.29 is 9.90 Å². The first-order chi connectivity index (χ1) is 3.72. The van der Waals surface area contributed by atoms with E-state index >= 15 is 0 Å². The molecule has 0 aliphatic carbocycles. The van der Waals surface area contributed by atoms with Gasteiger partial charge in [0.05, 0.1) is 12.0 Å². The van der Waals surface area contributed by atoms with Crippen LogP contribution in [0.4, 0.5) is 0 Å². The van der Waals surface area contributed by atoms with Gasteiger partial charge >= 0.3 is 0 Å². The van der Waals surface area contributed by atoms with Crippen LogP contribution in [0, 0.1) is 5.92 Å². The minimum atomic E-state index is -0.396. The molecule has 1 aliphatic heterocycles. The highest BCUT2D eigenvalue weighted by Gasteiger charge is 2.29. The number of carbonyl (C=O) groups excluding carboxylic acids is 1. The van der Waals surface area contributed by atoms with Gasteiger partial charge in [-0.25, -0.2) is 0 Å². The van der Waals surface area contributed by atoms with Gasteiger partial charge in [-0.1, -0.05) is 18.7 Å². The molecule has 1 N–H and O–H groups in total. The van der Waals surface area contributed by atoms with Crippen molar-refractivity contribution in [3.05, 3.63) is 0 Å². The van der Waals surface area contributed by atoms with Gasteiger partial charge in [0.15, 0.2) is 5.12 Å². The number of carbonyl (C=O) groups is 1. The number of aliphatic hydroxyl groups excluding tert-OH is 1. The second-order valence-corrected chi connectivity index (χ2v) is 3.01. The zero-order valence-corrected chi connectivity index (χ0v) is 5.44. The Labute approximate surface area is 52.3 Å². The average Bonchev–Trinajstić information content (AvgIpc) is 1.98. The zero-order valence-electron chi connectivity index (χ0n) is 4.63. The lowest BCUT2D eigenvalue weighted by molar-refractivity contribution is -0.115. The predicted octanol–water partition coefficient (Wildman–Crippen LogP) is 0.257. The van der Waals surface area contributed by atoms with E-state index in [1.54, 1.807) is 6.92 Å². The Kier molecular flexibility index (Phi) is 1.58. The van der Waals surface area contributed by atoms with Crippen molar-refractivity contribution in [1.82, 2.24) is 0 Å². The van der Waals surface area contributed by atoms with Gasteiger partial charge in [-0.3, -0.25) is 4.79 Å². The molecule has 0 bridgehead atoms. The predicted molar refractivity (Wildman–Crippen MR) is 32.6 cm³/mol. The van der Waals surface area contributed by atoms with E-state index < -0.39 is 6.10 Å². The highest BCUT2D eigenvalue weighted by molar-refractivity contribution is 8.14. The molecule has 46 valence electrons. The van der Waals surface area contributed by atoms with E-state index in [-0.39, 0.29) is 11.0 Å². The van der Waals surface area contributed by atoms with Crippen LogP contribution in [0.3, 0.4) is 0 Å². The van der Waals surface area contributed by atoms with Crippen molar-refractivity contribution >= 4 is 16.9 Å². The lowest BCUT2D eigenvalue weighted by Gasteiger charge is -2.01. The first kappa shape index (κ1) is 6.11. The SMILES string of the molecule is CC1C(=O)SCC1O. The minimum absolute atomic E-state index is 0.123. The van der Waals surface area contributed by atoms with Crippen molar-refractivity contribution in [1.29, 1.82) is 0 Å². The molecule has 0 aromatic rings. The van der Waals surface area contributed by atoms with E-state index in [1.807, 2.05) is 0 Å². The standard InChI is InChI=1S/C5H8O2S/c1-3-4(6)2-8-5(3)7/h3-4,6H,2H2,1H3. The fourth-order valence-electron chi connectivity index (χ4n) is 0.600. The summed E-state index contributed by atoms with van der Waals surface area (Å²) in [6.45, 7) is 1.76. The summed E-state index contributed by atoms with van der Waals surface area (Å²) in [6, 6.07) is 0. The highest BCUT2D eigenvalue weighted by Crippen LogP contribution is 2.24. The van der Waals surface area contributed by atoms with Crippen molar-refractivity contribution in [2.45, 2.75) is 13.0 Å². The topological polar surface area (TPSA) is 37.3 Å². The summed E-state index contributed by atoms with van der Waals surface area (Å²) in [5.41, 5.74) is 0. The molecule has 0 saturated carbocycles. The molecule has 3 heteroatoms. The van der Waals surface area contributed by atoms with Gasteiger partial charge < -0.3 is 5.11 Å². The second kappa shape index (κ2) is 2.07. The van der Waals surface area contributed by atoms with Gasteiger partial charge in [-0.2, -0.15) is 0 Å². The Bertz CT molecular complexity index is 113. The average molecular weight is 132 g/mol. The Morgan fingerprint density at radius 3 is 2.62 bits per heavy atom. The molecule has 0 aromatic carbocycles. The molecular weight excluding hydrogens is 124 g/mol. The first-order valence-electron chi connectivity index (χ1n) is 2.56. The fourth-order valence-corrected chi connectivity index (χ4v) is 1.64. The van der Waals surface area contributed by atoms with E-state index in [0.717, 1.165) is 0 Å². The molecule has 0 radical (unpaired) electrons. The monoisotopic (exact) mass is 132 g/mol. The molecule has 0 amide bonds. The lowest BCUT2D eigenvalue weighted by atomic mass is 10.1. The Morgan fingerprint density at radius 2 is 2.50 bits per heavy atom. The van der Waals surface area contributed by atoms with Crippen molar-refractivity contribution in [3.8, 4) is 0 Å². The zero-order chi connectivity index (χ0) is 6.15. The molecule has 1 fully saturated rings. The van der Waals surface area contributed by atoms with Gasteiger partial charge in [0, 0.05) is 5.75 Å². The summed E-state index contributed by atoms with van der Waals surface area (Å²) in [6.07, 6.45) is -0.396. The summed E-state index contributed by atoms with van der Waals surface area (Å²) in [4.78, 5) is 10.6. The molecule has 2 unspecified atom stereocenters. The Hall–Kier alpha value is -0.0200. The van der Waals surface area contributed by atoms with E-state index in [4.69, 9.17) is 5.11 Å². The van der Waals surface area contributed by atoms with Crippen LogP contribution in [0.15, 0.2) is 0 Å². The fraction of sp³-hybridized carbons (Fsp3) is 0.800. The summed E-state index contributed by atoms with van der Waals surface area (Å²) in [5.74, 6) is 0.444. The van der Waals surface area contributed by atoms with Crippen molar-refractivity contribution in [2.75, 3.05) is 5.75 Å². The summed E-state index contributed by atoms with van der Waals surface area (Å²) < 4.78 is 0. The van der Waals surface area contributed by atoms with E-state index in [0.29, 0.717) is 5.75 Å². The normalized spacial score (nSPS) is 38.5. The molecule has 8 heavy (non-hydrogen) atoms. The summed E-state index contributed by atoms with van der Waals surface area (Å²) in [5, 5.41) is 9.05. The maximum Gasteiger partial charge on any atom is 0.194 e. The summed E-state index contributed by atoms with van der Waals surface area (Å²) in [7, 11) is 0. The van der Waals surface area contributed by atoms with E-state index in [9.17, 15) is 4.79 Å². The Morgan fingerprint density at radius 1 is 1.88 bits per heavy atom. The summed E-state index contributed by atoms with van der Waals surface area (Å²) >= 11 is 1.22. The van der Waals surface area contributed by atoms with Crippen LogP contribution in [0.25, 0.3) is 0 Å². The largest absolute Gasteiger partial charge is 0.391 e. The minimum Gasteiger partial charge on any atom is -0.391 e. The number of aliphatic hydroxyl groups is 1. The quantitative estimate of drug-likeness (QED) is 0.513. The van der Waals surface area contributed by atoms with E-state index in [2.05, 4.69) is 0 Å². The van der Waals surface area contributed by atoms with Crippen LogP contribution in [-0.2, 0) is 4.79 Å². The highest BCUT2D eigenvalue weighted by atomic mass is 32.2. The molecule has 1 aliphatic rings. The third-order valence-electron chi connectivity index (χ3n) is 1.35. The molecule has 0 spiro atoms. The molecule has 1 heterocycles. The maximum absolute atomic E-state index is 10.6. The van der Waals surface area contributed by atoms with Crippen molar-refractivity contribution in [2.24, 2.45) is 5.92 Å². The van der Waals surface area contributed by atoms with Crippen molar-refractivity contribution in [3.63, 3.8) is 0 Å².